The van der Waals surface area contributed by atoms with Gasteiger partial charge >= 0.3 is 5.97 Å². The van der Waals surface area contributed by atoms with E-state index in [9.17, 15) is 4.79 Å². The highest BCUT2D eigenvalue weighted by molar-refractivity contribution is 6.30. The zero-order valence-corrected chi connectivity index (χ0v) is 17.4. The number of aromatic nitrogens is 2. The van der Waals surface area contributed by atoms with Gasteiger partial charge in [0.05, 0.1) is 17.3 Å². The van der Waals surface area contributed by atoms with Crippen LogP contribution in [0.1, 0.15) is 56.4 Å². The molecule has 28 heavy (non-hydrogen) atoms. The highest BCUT2D eigenvalue weighted by Gasteiger charge is 2.43. The van der Waals surface area contributed by atoms with Gasteiger partial charge in [-0.05, 0) is 31.4 Å². The third-order valence-corrected chi connectivity index (χ3v) is 5.45. The number of aryl methyl sites for hydroxylation is 2. The summed E-state index contributed by atoms with van der Waals surface area (Å²) in [5.41, 5.74) is 2.52. The number of carbonyl (C=O) groups excluding carboxylic acids is 1. The first-order valence-corrected chi connectivity index (χ1v) is 9.99. The van der Waals surface area contributed by atoms with Crippen molar-refractivity contribution in [2.75, 3.05) is 6.61 Å². The van der Waals surface area contributed by atoms with E-state index in [0.29, 0.717) is 30.1 Å². The molecule has 0 amide bonds. The van der Waals surface area contributed by atoms with Gasteiger partial charge in [0.1, 0.15) is 11.7 Å². The Labute approximate surface area is 169 Å². The molecule has 1 aromatic carbocycles. The molecule has 2 heterocycles. The van der Waals surface area contributed by atoms with Gasteiger partial charge < -0.3 is 4.74 Å². The lowest BCUT2D eigenvalue weighted by Gasteiger charge is -2.30. The van der Waals surface area contributed by atoms with Crippen LogP contribution in [0.15, 0.2) is 23.2 Å². The summed E-state index contributed by atoms with van der Waals surface area (Å²) >= 11 is 6.06. The second-order valence-electron chi connectivity index (χ2n) is 7.03. The average molecular weight is 406 g/mol. The molecule has 1 aliphatic rings. The molecule has 1 aliphatic heterocycles. The van der Waals surface area contributed by atoms with E-state index >= 15 is 4.39 Å². The summed E-state index contributed by atoms with van der Waals surface area (Å²) in [4.78, 5) is 17.6. The van der Waals surface area contributed by atoms with Gasteiger partial charge in [-0.2, -0.15) is 5.10 Å². The number of rotatable bonds is 6. The molecule has 0 saturated heterocycles. The summed E-state index contributed by atoms with van der Waals surface area (Å²) in [6, 6.07) is 4.87. The van der Waals surface area contributed by atoms with Crippen LogP contribution in [0.3, 0.4) is 0 Å². The average Bonchev–Trinajstić information content (AvgIpc) is 2.98. The molecule has 5 nitrogen and oxygen atoms in total. The Morgan fingerprint density at radius 1 is 1.36 bits per heavy atom. The normalized spacial score (nSPS) is 18.6. The fraction of sp³-hybridized carbons (Fsp3) is 0.476. The SMILES string of the molecule is CCCCOC(=O)C1C(C)=Nc2c(c(CC)nn2C)C1c1cccc(Cl)c1F. The molecule has 0 N–H and O–H groups in total. The maximum Gasteiger partial charge on any atom is 0.315 e. The Bertz CT molecular complexity index is 923. The maximum absolute atomic E-state index is 15.0. The smallest absolute Gasteiger partial charge is 0.315 e. The predicted octanol–water partition coefficient (Wildman–Crippen LogP) is 4.97. The van der Waals surface area contributed by atoms with Crippen molar-refractivity contribution in [1.29, 1.82) is 0 Å². The second-order valence-corrected chi connectivity index (χ2v) is 7.44. The maximum atomic E-state index is 15.0. The van der Waals surface area contributed by atoms with E-state index in [-0.39, 0.29) is 5.02 Å². The first kappa shape index (κ1) is 20.5. The van der Waals surface area contributed by atoms with Crippen LogP contribution in [0, 0.1) is 11.7 Å². The van der Waals surface area contributed by atoms with E-state index in [4.69, 9.17) is 16.3 Å². The molecule has 150 valence electrons. The minimum absolute atomic E-state index is 0.0271. The number of halogens is 2. The summed E-state index contributed by atoms with van der Waals surface area (Å²) < 4.78 is 22.2. The van der Waals surface area contributed by atoms with Crippen molar-refractivity contribution in [2.24, 2.45) is 18.0 Å². The highest BCUT2D eigenvalue weighted by atomic mass is 35.5. The van der Waals surface area contributed by atoms with Gasteiger partial charge in [0.2, 0.25) is 0 Å². The first-order chi connectivity index (χ1) is 13.4. The van der Waals surface area contributed by atoms with E-state index < -0.39 is 23.6 Å². The number of nitrogens with zero attached hydrogens (tertiary/aromatic N) is 3. The van der Waals surface area contributed by atoms with E-state index in [2.05, 4.69) is 10.1 Å². The van der Waals surface area contributed by atoms with E-state index in [1.54, 1.807) is 30.8 Å². The first-order valence-electron chi connectivity index (χ1n) is 9.62. The number of benzene rings is 1. The second kappa shape index (κ2) is 8.43. The van der Waals surface area contributed by atoms with Gasteiger partial charge in [-0.25, -0.2) is 9.38 Å². The number of aliphatic imine (C=N–C) groups is 1. The predicted molar refractivity (Wildman–Crippen MR) is 108 cm³/mol. The summed E-state index contributed by atoms with van der Waals surface area (Å²) in [5, 5.41) is 4.57. The van der Waals surface area contributed by atoms with E-state index in [1.807, 2.05) is 13.8 Å². The van der Waals surface area contributed by atoms with Crippen LogP contribution in [0.4, 0.5) is 10.2 Å². The minimum atomic E-state index is -0.716. The van der Waals surface area contributed by atoms with Gasteiger partial charge in [0.25, 0.3) is 0 Å². The number of hydrogen-bond acceptors (Lipinski definition) is 4. The van der Waals surface area contributed by atoms with Crippen LogP contribution < -0.4 is 0 Å². The van der Waals surface area contributed by atoms with Crippen LogP contribution in [-0.4, -0.2) is 28.1 Å². The third kappa shape index (κ3) is 3.58. The lowest BCUT2D eigenvalue weighted by molar-refractivity contribution is -0.146. The topological polar surface area (TPSA) is 56.5 Å². The lowest BCUT2D eigenvalue weighted by atomic mass is 9.76. The largest absolute Gasteiger partial charge is 0.465 e. The molecule has 2 aromatic rings. The molecule has 2 atom stereocenters. The fourth-order valence-corrected chi connectivity index (χ4v) is 3.93. The standard InChI is InChI=1S/C21H25ClFN3O2/c1-5-7-11-28-21(27)16-12(3)24-20-18(15(6-2)25-26(20)4)17(16)13-9-8-10-14(22)19(13)23/h8-10,16-17H,5-7,11H2,1-4H3. The Morgan fingerprint density at radius 2 is 2.11 bits per heavy atom. The van der Waals surface area contributed by atoms with E-state index in [1.165, 1.54) is 6.07 Å². The molecule has 0 bridgehead atoms. The molecule has 0 spiro atoms. The van der Waals surface area contributed by atoms with Gasteiger partial charge in [0.15, 0.2) is 5.82 Å². The Kier molecular flexibility index (Phi) is 6.18. The number of hydrogen-bond donors (Lipinski definition) is 0. The number of carbonyl (C=O) groups is 1. The number of unbranched alkanes of at least 4 members (excludes halogenated alkanes) is 1. The van der Waals surface area contributed by atoms with E-state index in [0.717, 1.165) is 24.1 Å². The molecule has 0 fully saturated rings. The molecular formula is C21H25ClFN3O2. The van der Waals surface area contributed by atoms with Gasteiger partial charge in [-0.1, -0.05) is 44.0 Å². The summed E-state index contributed by atoms with van der Waals surface area (Å²) in [6.07, 6.45) is 2.35. The zero-order valence-electron chi connectivity index (χ0n) is 16.6. The monoisotopic (exact) mass is 405 g/mol. The van der Waals surface area contributed by atoms with Crippen LogP contribution >= 0.6 is 11.6 Å². The molecule has 7 heteroatoms. The summed E-state index contributed by atoms with van der Waals surface area (Å²) in [6.45, 7) is 6.13. The summed E-state index contributed by atoms with van der Waals surface area (Å²) in [5.74, 6) is -1.56. The molecule has 0 aliphatic carbocycles. The van der Waals surface area contributed by atoms with Gasteiger partial charge in [-0.3, -0.25) is 9.48 Å². The van der Waals surface area contributed by atoms with Crippen LogP contribution in [-0.2, 0) is 23.0 Å². The quantitative estimate of drug-likeness (QED) is 0.503. The van der Waals surface area contributed by atoms with Crippen molar-refractivity contribution < 1.29 is 13.9 Å². The van der Waals surface area contributed by atoms with Crippen molar-refractivity contribution in [3.8, 4) is 0 Å². The Morgan fingerprint density at radius 3 is 2.79 bits per heavy atom. The van der Waals surface area contributed by atoms with Crippen molar-refractivity contribution in [3.63, 3.8) is 0 Å². The molecular weight excluding hydrogens is 381 g/mol. The van der Waals surface area contributed by atoms with Crippen molar-refractivity contribution in [3.05, 3.63) is 45.9 Å². The van der Waals surface area contributed by atoms with Crippen molar-refractivity contribution in [1.82, 2.24) is 9.78 Å². The number of fused-ring (bicyclic) bond motifs is 1. The Balaban J connectivity index is 2.18. The third-order valence-electron chi connectivity index (χ3n) is 5.15. The minimum Gasteiger partial charge on any atom is -0.465 e. The summed E-state index contributed by atoms with van der Waals surface area (Å²) in [7, 11) is 1.81. The Hall–Kier alpha value is -2.21. The highest BCUT2D eigenvalue weighted by Crippen LogP contribution is 2.46. The van der Waals surface area contributed by atoms with Gasteiger partial charge in [0, 0.05) is 24.2 Å². The lowest BCUT2D eigenvalue weighted by Crippen LogP contribution is -2.34. The zero-order chi connectivity index (χ0) is 20.4. The van der Waals surface area contributed by atoms with Gasteiger partial charge in [-0.15, -0.1) is 0 Å². The van der Waals surface area contributed by atoms with Crippen LogP contribution in [0.25, 0.3) is 0 Å². The van der Waals surface area contributed by atoms with Crippen LogP contribution in [0.2, 0.25) is 5.02 Å². The molecule has 3 rings (SSSR count). The van der Waals surface area contributed by atoms with Crippen molar-refractivity contribution in [2.45, 2.75) is 46.0 Å². The number of ether oxygens (including phenoxy) is 1. The molecule has 0 radical (unpaired) electrons. The van der Waals surface area contributed by atoms with Crippen molar-refractivity contribution >= 4 is 29.1 Å². The van der Waals surface area contributed by atoms with Crippen LogP contribution in [0.5, 0.6) is 0 Å². The molecule has 0 saturated carbocycles. The number of esters is 1. The molecule has 1 aromatic heterocycles. The fourth-order valence-electron chi connectivity index (χ4n) is 3.75. The molecule has 2 unspecified atom stereocenters.